The van der Waals surface area contributed by atoms with E-state index in [1.807, 2.05) is 11.8 Å². The third-order valence-corrected chi connectivity index (χ3v) is 11.2. The summed E-state index contributed by atoms with van der Waals surface area (Å²) in [5.74, 6) is -3.83. The van der Waals surface area contributed by atoms with Crippen LogP contribution in [0.3, 0.4) is 0 Å². The number of hydrogen-bond acceptors (Lipinski definition) is 6. The normalized spacial score (nSPS) is 32.6. The van der Waals surface area contributed by atoms with Crippen LogP contribution in [0.2, 0.25) is 0 Å². The highest BCUT2D eigenvalue weighted by Crippen LogP contribution is 2.58. The first-order valence-corrected chi connectivity index (χ1v) is 15.9. The standard InChI is InChI=1S/C30H43F6N5O2/c1-27(26-37-25(43-38-26)20-16-22(20)31)10-14-41(15-11-27)24(42)17-21-23(4-3-7-29(21,32)33)40-12-5-19(6-13-40)39(2)18-28(8-9-28)30(34,35)36/h19-23H,3-18H2,1-2H3/t20-,21-,22+,23+/m1/s1. The van der Waals surface area contributed by atoms with Crippen LogP contribution in [0, 0.1) is 11.3 Å². The molecular formula is C30H43F6N5O2. The highest BCUT2D eigenvalue weighted by atomic mass is 19.4. The molecule has 2 saturated heterocycles. The van der Waals surface area contributed by atoms with Crippen molar-refractivity contribution in [3.8, 4) is 0 Å². The van der Waals surface area contributed by atoms with E-state index in [2.05, 4.69) is 15.0 Å². The van der Waals surface area contributed by atoms with Crippen molar-refractivity contribution in [1.82, 2.24) is 24.8 Å². The molecule has 1 amide bonds. The second-order valence-electron chi connectivity index (χ2n) is 14.2. The van der Waals surface area contributed by atoms with Gasteiger partial charge in [0, 0.05) is 55.9 Å². The average Bonchev–Trinajstić information content (AvgIpc) is 3.85. The highest BCUT2D eigenvalue weighted by molar-refractivity contribution is 5.76. The summed E-state index contributed by atoms with van der Waals surface area (Å²) in [6, 6.07) is -0.445. The number of piperidine rings is 2. The summed E-state index contributed by atoms with van der Waals surface area (Å²) in [6.45, 7) is 3.85. The van der Waals surface area contributed by atoms with Gasteiger partial charge in [-0.25, -0.2) is 13.2 Å². The Kier molecular flexibility index (Phi) is 8.08. The number of carbonyl (C=O) groups is 1. The number of hydrogen-bond donors (Lipinski definition) is 0. The Morgan fingerprint density at radius 2 is 1.70 bits per heavy atom. The van der Waals surface area contributed by atoms with E-state index in [1.54, 1.807) is 11.9 Å². The molecule has 0 unspecified atom stereocenters. The van der Waals surface area contributed by atoms with E-state index in [9.17, 15) is 22.4 Å². The molecule has 0 N–H and O–H groups in total. The molecule has 2 aliphatic heterocycles. The molecule has 3 aliphatic carbocycles. The van der Waals surface area contributed by atoms with Gasteiger partial charge in [0.25, 0.3) is 5.92 Å². The van der Waals surface area contributed by atoms with Crippen molar-refractivity contribution >= 4 is 5.91 Å². The first-order valence-electron chi connectivity index (χ1n) is 15.9. The third-order valence-electron chi connectivity index (χ3n) is 11.2. The maximum atomic E-state index is 15.4. The fourth-order valence-corrected chi connectivity index (χ4v) is 7.73. The lowest BCUT2D eigenvalue weighted by Crippen LogP contribution is -2.56. The number of carbonyl (C=O) groups excluding carboxylic acids is 1. The number of aromatic nitrogens is 2. The van der Waals surface area contributed by atoms with Gasteiger partial charge < -0.3 is 14.3 Å². The van der Waals surface area contributed by atoms with Crippen LogP contribution < -0.4 is 0 Å². The van der Waals surface area contributed by atoms with Crippen molar-refractivity contribution in [3.63, 3.8) is 0 Å². The number of alkyl halides is 6. The maximum absolute atomic E-state index is 15.4. The van der Waals surface area contributed by atoms with Gasteiger partial charge in [-0.05, 0) is 77.9 Å². The van der Waals surface area contributed by atoms with Crippen LogP contribution >= 0.6 is 0 Å². The number of amides is 1. The highest BCUT2D eigenvalue weighted by Gasteiger charge is 2.63. The molecule has 0 bridgehead atoms. The molecule has 242 valence electrons. The minimum absolute atomic E-state index is 0.0127. The lowest BCUT2D eigenvalue weighted by molar-refractivity contribution is -0.193. The lowest BCUT2D eigenvalue weighted by atomic mass is 9.76. The quantitative estimate of drug-likeness (QED) is 0.348. The topological polar surface area (TPSA) is 65.7 Å². The molecule has 1 aromatic rings. The minimum Gasteiger partial charge on any atom is -0.343 e. The van der Waals surface area contributed by atoms with E-state index in [1.165, 1.54) is 0 Å². The van der Waals surface area contributed by atoms with Crippen molar-refractivity contribution in [2.24, 2.45) is 11.3 Å². The Bertz CT molecular complexity index is 1160. The Morgan fingerprint density at radius 3 is 2.28 bits per heavy atom. The summed E-state index contributed by atoms with van der Waals surface area (Å²) >= 11 is 0. The first-order chi connectivity index (χ1) is 20.2. The van der Waals surface area contributed by atoms with E-state index in [-0.39, 0.29) is 50.1 Å². The fourth-order valence-electron chi connectivity index (χ4n) is 7.73. The Balaban J connectivity index is 1.03. The van der Waals surface area contributed by atoms with Gasteiger partial charge >= 0.3 is 6.18 Å². The molecule has 43 heavy (non-hydrogen) atoms. The summed E-state index contributed by atoms with van der Waals surface area (Å²) in [7, 11) is 1.75. The summed E-state index contributed by atoms with van der Waals surface area (Å²) in [5, 5.41) is 4.08. The van der Waals surface area contributed by atoms with Gasteiger partial charge in [0.15, 0.2) is 5.82 Å². The van der Waals surface area contributed by atoms with E-state index in [0.717, 1.165) is 0 Å². The van der Waals surface area contributed by atoms with E-state index in [0.29, 0.717) is 82.8 Å². The molecule has 3 saturated carbocycles. The Morgan fingerprint density at radius 1 is 1.05 bits per heavy atom. The van der Waals surface area contributed by atoms with Gasteiger partial charge in [0.1, 0.15) is 6.17 Å². The van der Waals surface area contributed by atoms with Gasteiger partial charge in [0.05, 0.1) is 11.3 Å². The summed E-state index contributed by atoms with van der Waals surface area (Å²) in [5.41, 5.74) is -2.03. The minimum atomic E-state index is -4.20. The molecule has 5 aliphatic rings. The predicted molar refractivity (Wildman–Crippen MR) is 145 cm³/mol. The molecule has 7 nitrogen and oxygen atoms in total. The Labute approximate surface area is 248 Å². The zero-order valence-corrected chi connectivity index (χ0v) is 25.0. The van der Waals surface area contributed by atoms with Crippen LogP contribution in [-0.4, -0.2) is 101 Å². The molecule has 3 heterocycles. The van der Waals surface area contributed by atoms with Gasteiger partial charge in [-0.15, -0.1) is 0 Å². The van der Waals surface area contributed by atoms with Gasteiger partial charge in [0.2, 0.25) is 11.8 Å². The molecule has 1 aromatic heterocycles. The fraction of sp³-hybridized carbons (Fsp3) is 0.900. The molecule has 6 rings (SSSR count). The Hall–Kier alpha value is -1.89. The smallest absolute Gasteiger partial charge is 0.343 e. The van der Waals surface area contributed by atoms with E-state index < -0.39 is 41.1 Å². The van der Waals surface area contributed by atoms with E-state index >= 15 is 8.78 Å². The molecule has 0 radical (unpaired) electrons. The van der Waals surface area contributed by atoms with Crippen molar-refractivity contribution in [3.05, 3.63) is 11.7 Å². The van der Waals surface area contributed by atoms with Crippen molar-refractivity contribution in [1.29, 1.82) is 0 Å². The summed E-state index contributed by atoms with van der Waals surface area (Å²) < 4.78 is 89.9. The van der Waals surface area contributed by atoms with Crippen LogP contribution in [0.5, 0.6) is 0 Å². The molecule has 4 atom stereocenters. The summed E-state index contributed by atoms with van der Waals surface area (Å²) in [6.07, 6.45) is -1.53. The second kappa shape index (κ2) is 11.2. The third kappa shape index (κ3) is 6.18. The predicted octanol–water partition coefficient (Wildman–Crippen LogP) is 5.71. The zero-order chi connectivity index (χ0) is 30.8. The number of rotatable bonds is 8. The molecule has 13 heteroatoms. The van der Waals surface area contributed by atoms with Crippen LogP contribution in [0.25, 0.3) is 0 Å². The molecule has 0 spiro atoms. The second-order valence-corrected chi connectivity index (χ2v) is 14.2. The molecular weight excluding hydrogens is 576 g/mol. The largest absolute Gasteiger partial charge is 0.395 e. The SMILES string of the molecule is CN(CC1(C(F)(F)F)CC1)C1CCN([C@H]2CCCC(F)(F)[C@@H]2CC(=O)N2CCC(C)(c3noc([C@@H]4C[C@@H]4F)n3)CC2)CC1. The first kappa shape index (κ1) is 31.1. The molecule has 5 fully saturated rings. The van der Waals surface area contributed by atoms with Gasteiger partial charge in [-0.1, -0.05) is 12.1 Å². The van der Waals surface area contributed by atoms with Crippen LogP contribution in [-0.2, 0) is 10.2 Å². The van der Waals surface area contributed by atoms with E-state index in [4.69, 9.17) is 4.52 Å². The number of nitrogens with zero attached hydrogens (tertiary/aromatic N) is 5. The van der Waals surface area contributed by atoms with Crippen molar-refractivity contribution < 1.29 is 35.7 Å². The van der Waals surface area contributed by atoms with Crippen molar-refractivity contribution in [2.45, 2.75) is 119 Å². The van der Waals surface area contributed by atoms with Crippen LogP contribution in [0.4, 0.5) is 26.3 Å². The summed E-state index contributed by atoms with van der Waals surface area (Å²) in [4.78, 5) is 23.4. The van der Waals surface area contributed by atoms with Gasteiger partial charge in [-0.3, -0.25) is 9.69 Å². The van der Waals surface area contributed by atoms with Crippen LogP contribution in [0.1, 0.15) is 95.2 Å². The van der Waals surface area contributed by atoms with Crippen LogP contribution in [0.15, 0.2) is 4.52 Å². The molecule has 0 aromatic carbocycles. The zero-order valence-electron chi connectivity index (χ0n) is 25.0. The maximum Gasteiger partial charge on any atom is 0.395 e. The number of likely N-dealkylation sites (tertiary alicyclic amines) is 2. The van der Waals surface area contributed by atoms with Crippen molar-refractivity contribution in [2.75, 3.05) is 39.8 Å². The average molecular weight is 620 g/mol. The van der Waals surface area contributed by atoms with Gasteiger partial charge in [-0.2, -0.15) is 18.2 Å². The monoisotopic (exact) mass is 619 g/mol. The number of halogens is 6. The lowest BCUT2D eigenvalue weighted by Gasteiger charge is -2.47.